The Balaban J connectivity index is 1.83. The van der Waals surface area contributed by atoms with E-state index in [4.69, 9.17) is 0 Å². The van der Waals surface area contributed by atoms with E-state index >= 15 is 0 Å². The topological polar surface area (TPSA) is 20.2 Å². The van der Waals surface area contributed by atoms with Crippen molar-refractivity contribution in [1.82, 2.24) is 0 Å². The lowest BCUT2D eigenvalue weighted by atomic mass is 9.66. The van der Waals surface area contributed by atoms with E-state index in [1.54, 1.807) is 0 Å². The molecule has 2 fully saturated rings. The number of hydrogen-bond acceptors (Lipinski definition) is 1. The Morgan fingerprint density at radius 1 is 0.950 bits per heavy atom. The molecule has 3 unspecified atom stereocenters. The first kappa shape index (κ1) is 16.3. The second-order valence-electron chi connectivity index (χ2n) is 8.67. The van der Waals surface area contributed by atoms with Gasteiger partial charge in [0.1, 0.15) is 0 Å². The molecule has 0 spiro atoms. The lowest BCUT2D eigenvalue weighted by molar-refractivity contribution is -0.00529. The maximum atomic E-state index is 10.8. The summed E-state index contributed by atoms with van der Waals surface area (Å²) in [5.41, 5.74) is 0.452. The van der Waals surface area contributed by atoms with E-state index in [2.05, 4.69) is 27.7 Å². The lowest BCUT2D eigenvalue weighted by Crippen LogP contribution is -2.36. The first-order valence-corrected chi connectivity index (χ1v) is 9.09. The summed E-state index contributed by atoms with van der Waals surface area (Å²) in [6, 6.07) is 0. The molecule has 3 atom stereocenters. The minimum absolute atomic E-state index is 0.00901. The predicted octanol–water partition coefficient (Wildman–Crippen LogP) is 5.42. The third kappa shape index (κ3) is 4.00. The van der Waals surface area contributed by atoms with Gasteiger partial charge in [-0.15, -0.1) is 0 Å². The van der Waals surface area contributed by atoms with E-state index in [1.165, 1.54) is 57.8 Å². The van der Waals surface area contributed by atoms with Crippen molar-refractivity contribution in [3.8, 4) is 0 Å². The highest BCUT2D eigenvalue weighted by molar-refractivity contribution is 4.87. The summed E-state index contributed by atoms with van der Waals surface area (Å²) in [5.74, 6) is 2.94. The maximum Gasteiger partial charge on any atom is 0.0596 e. The Morgan fingerprint density at radius 3 is 2.15 bits per heavy atom. The number of rotatable bonds is 3. The highest BCUT2D eigenvalue weighted by atomic mass is 16.3. The minimum Gasteiger partial charge on any atom is -0.393 e. The van der Waals surface area contributed by atoms with Crippen LogP contribution in [0.15, 0.2) is 0 Å². The normalized spacial score (nSPS) is 37.6. The molecule has 1 heteroatoms. The zero-order chi connectivity index (χ0) is 14.8. The SMILES string of the molecule is CCC1CCCC(C(O)C2CCC(C(C)(C)C)CC2)C1. The predicted molar refractivity (Wildman–Crippen MR) is 86.6 cm³/mol. The minimum atomic E-state index is -0.00901. The van der Waals surface area contributed by atoms with Crippen molar-refractivity contribution in [2.75, 3.05) is 0 Å². The fraction of sp³-hybridized carbons (Fsp3) is 1.00. The summed E-state index contributed by atoms with van der Waals surface area (Å²) in [4.78, 5) is 0. The average Bonchev–Trinajstić information content (AvgIpc) is 2.46. The molecule has 0 aromatic rings. The first-order chi connectivity index (χ1) is 9.41. The summed E-state index contributed by atoms with van der Waals surface area (Å²) < 4.78 is 0. The van der Waals surface area contributed by atoms with Gasteiger partial charge in [-0.25, -0.2) is 0 Å². The van der Waals surface area contributed by atoms with Crippen molar-refractivity contribution >= 4 is 0 Å². The van der Waals surface area contributed by atoms with Crippen LogP contribution in [0, 0.1) is 29.1 Å². The largest absolute Gasteiger partial charge is 0.393 e. The molecule has 0 amide bonds. The van der Waals surface area contributed by atoms with Crippen LogP contribution < -0.4 is 0 Å². The molecule has 2 aliphatic carbocycles. The van der Waals surface area contributed by atoms with Crippen LogP contribution in [0.2, 0.25) is 0 Å². The van der Waals surface area contributed by atoms with Gasteiger partial charge in [-0.2, -0.15) is 0 Å². The van der Waals surface area contributed by atoms with Crippen molar-refractivity contribution in [2.24, 2.45) is 29.1 Å². The van der Waals surface area contributed by atoms with Gasteiger partial charge in [0.15, 0.2) is 0 Å². The molecule has 1 N–H and O–H groups in total. The monoisotopic (exact) mass is 280 g/mol. The van der Waals surface area contributed by atoms with Crippen LogP contribution in [0.1, 0.15) is 85.5 Å². The molecule has 2 rings (SSSR count). The number of hydrogen-bond donors (Lipinski definition) is 1. The Hall–Kier alpha value is -0.0400. The molecular formula is C19H36O. The van der Waals surface area contributed by atoms with E-state index in [1.807, 2.05) is 0 Å². The molecule has 0 aliphatic heterocycles. The Morgan fingerprint density at radius 2 is 1.60 bits per heavy atom. The molecule has 0 bridgehead atoms. The van der Waals surface area contributed by atoms with Crippen molar-refractivity contribution < 1.29 is 5.11 Å². The van der Waals surface area contributed by atoms with Gasteiger partial charge < -0.3 is 5.11 Å². The molecule has 0 saturated heterocycles. The Labute approximate surface area is 126 Å². The van der Waals surface area contributed by atoms with Gasteiger partial charge in [-0.1, -0.05) is 47.0 Å². The molecule has 0 aromatic heterocycles. The summed E-state index contributed by atoms with van der Waals surface area (Å²) in [6.45, 7) is 9.44. The molecule has 118 valence electrons. The molecule has 2 saturated carbocycles. The number of aliphatic hydroxyl groups excluding tert-OH is 1. The molecule has 1 nitrogen and oxygen atoms in total. The van der Waals surface area contributed by atoms with Crippen molar-refractivity contribution in [1.29, 1.82) is 0 Å². The molecule has 0 heterocycles. The second-order valence-corrected chi connectivity index (χ2v) is 8.67. The van der Waals surface area contributed by atoms with E-state index < -0.39 is 0 Å². The van der Waals surface area contributed by atoms with Crippen LogP contribution in [0.5, 0.6) is 0 Å². The van der Waals surface area contributed by atoms with Gasteiger partial charge in [0.25, 0.3) is 0 Å². The second kappa shape index (κ2) is 6.81. The van der Waals surface area contributed by atoms with Gasteiger partial charge in [-0.05, 0) is 67.6 Å². The van der Waals surface area contributed by atoms with E-state index in [9.17, 15) is 5.11 Å². The van der Waals surface area contributed by atoms with E-state index in [0.29, 0.717) is 17.3 Å². The fourth-order valence-electron chi connectivity index (χ4n) is 4.73. The Kier molecular flexibility index (Phi) is 5.56. The van der Waals surface area contributed by atoms with Crippen LogP contribution in [0.25, 0.3) is 0 Å². The quantitative estimate of drug-likeness (QED) is 0.732. The van der Waals surface area contributed by atoms with Crippen LogP contribution in [-0.4, -0.2) is 11.2 Å². The first-order valence-electron chi connectivity index (χ1n) is 9.09. The van der Waals surface area contributed by atoms with Crippen LogP contribution in [0.3, 0.4) is 0 Å². The van der Waals surface area contributed by atoms with Gasteiger partial charge in [-0.3, -0.25) is 0 Å². The highest BCUT2D eigenvalue weighted by Gasteiger charge is 2.36. The van der Waals surface area contributed by atoms with Crippen LogP contribution >= 0.6 is 0 Å². The third-order valence-electron chi connectivity index (χ3n) is 6.36. The molecular weight excluding hydrogens is 244 g/mol. The third-order valence-corrected chi connectivity index (χ3v) is 6.36. The summed E-state index contributed by atoms with van der Waals surface area (Å²) in [7, 11) is 0. The summed E-state index contributed by atoms with van der Waals surface area (Å²) in [5, 5.41) is 10.8. The zero-order valence-corrected chi connectivity index (χ0v) is 14.2. The van der Waals surface area contributed by atoms with E-state index in [0.717, 1.165) is 11.8 Å². The van der Waals surface area contributed by atoms with Crippen molar-refractivity contribution in [3.05, 3.63) is 0 Å². The molecule has 20 heavy (non-hydrogen) atoms. The van der Waals surface area contributed by atoms with Gasteiger partial charge in [0, 0.05) is 0 Å². The smallest absolute Gasteiger partial charge is 0.0596 e. The molecule has 2 aliphatic rings. The summed E-state index contributed by atoms with van der Waals surface area (Å²) in [6.07, 6.45) is 11.8. The van der Waals surface area contributed by atoms with Crippen molar-refractivity contribution in [3.63, 3.8) is 0 Å². The van der Waals surface area contributed by atoms with Gasteiger partial charge in [0.2, 0.25) is 0 Å². The van der Waals surface area contributed by atoms with Gasteiger partial charge >= 0.3 is 0 Å². The number of aliphatic hydroxyl groups is 1. The maximum absolute atomic E-state index is 10.8. The molecule has 0 radical (unpaired) electrons. The lowest BCUT2D eigenvalue weighted by Gasteiger charge is -2.41. The summed E-state index contributed by atoms with van der Waals surface area (Å²) >= 11 is 0. The average molecular weight is 280 g/mol. The molecule has 0 aromatic carbocycles. The zero-order valence-electron chi connectivity index (χ0n) is 14.2. The van der Waals surface area contributed by atoms with Crippen LogP contribution in [-0.2, 0) is 0 Å². The fourth-order valence-corrected chi connectivity index (χ4v) is 4.73. The standard InChI is InChI=1S/C19H36O/c1-5-14-7-6-8-16(13-14)18(20)15-9-11-17(12-10-15)19(2,3)4/h14-18,20H,5-13H2,1-4H3. The highest BCUT2D eigenvalue weighted by Crippen LogP contribution is 2.43. The van der Waals surface area contributed by atoms with Crippen molar-refractivity contribution in [2.45, 2.75) is 91.6 Å². The van der Waals surface area contributed by atoms with E-state index in [-0.39, 0.29) is 6.10 Å². The van der Waals surface area contributed by atoms with Crippen LogP contribution in [0.4, 0.5) is 0 Å². The van der Waals surface area contributed by atoms with Gasteiger partial charge in [0.05, 0.1) is 6.10 Å². The Bertz CT molecular complexity index is 283.